The predicted octanol–water partition coefficient (Wildman–Crippen LogP) is 4.77. The fourth-order valence-electron chi connectivity index (χ4n) is 3.59. The molecule has 0 aliphatic heterocycles. The molecule has 0 fully saturated rings. The van der Waals surface area contributed by atoms with E-state index in [1.54, 1.807) is 31.2 Å². The minimum absolute atomic E-state index is 0.00186. The molecule has 4 rings (SSSR count). The Hall–Kier alpha value is -4.99. The Labute approximate surface area is 203 Å². The molecule has 0 unspecified atom stereocenters. The van der Waals surface area contributed by atoms with E-state index in [0.29, 0.717) is 11.3 Å². The van der Waals surface area contributed by atoms with Crippen molar-refractivity contribution in [1.82, 2.24) is 0 Å². The van der Waals surface area contributed by atoms with Crippen LogP contribution in [0.5, 0.6) is 11.5 Å². The first-order valence-corrected chi connectivity index (χ1v) is 10.7. The molecule has 0 atom stereocenters. The summed E-state index contributed by atoms with van der Waals surface area (Å²) in [5.41, 5.74) is -0.521. The van der Waals surface area contributed by atoms with Crippen LogP contribution in [0, 0.1) is 10.1 Å². The number of nitrogens with zero attached hydrogens (tertiary/aromatic N) is 1. The van der Waals surface area contributed by atoms with Crippen LogP contribution in [0.1, 0.15) is 27.8 Å². The van der Waals surface area contributed by atoms with Crippen molar-refractivity contribution in [3.05, 3.63) is 98.4 Å². The number of ether oxygens (including phenoxy) is 3. The van der Waals surface area contributed by atoms with E-state index in [9.17, 15) is 24.5 Å². The predicted molar refractivity (Wildman–Crippen MR) is 128 cm³/mol. The van der Waals surface area contributed by atoms with Crippen molar-refractivity contribution >= 4 is 28.6 Å². The van der Waals surface area contributed by atoms with E-state index in [0.717, 1.165) is 6.07 Å². The largest absolute Gasteiger partial charge is 0.496 e. The van der Waals surface area contributed by atoms with E-state index in [1.165, 1.54) is 43.5 Å². The molecule has 0 saturated heterocycles. The Morgan fingerprint density at radius 1 is 1.00 bits per heavy atom. The molecular weight excluding hydrogens is 470 g/mol. The van der Waals surface area contributed by atoms with Gasteiger partial charge < -0.3 is 18.6 Å². The number of nitro groups is 1. The number of carbonyl (C=O) groups is 2. The average Bonchev–Trinajstić information content (AvgIpc) is 2.88. The molecule has 36 heavy (non-hydrogen) atoms. The number of non-ortho nitro benzene ring substituents is 1. The van der Waals surface area contributed by atoms with E-state index in [4.69, 9.17) is 18.6 Å². The van der Waals surface area contributed by atoms with E-state index in [2.05, 4.69) is 0 Å². The summed E-state index contributed by atoms with van der Waals surface area (Å²) in [5, 5.41) is 11.1. The highest BCUT2D eigenvalue weighted by molar-refractivity contribution is 5.99. The van der Waals surface area contributed by atoms with Gasteiger partial charge >= 0.3 is 11.9 Å². The van der Waals surface area contributed by atoms with Crippen LogP contribution in [0.15, 0.2) is 75.9 Å². The zero-order valence-corrected chi connectivity index (χ0v) is 19.2. The first-order valence-electron chi connectivity index (χ1n) is 10.7. The number of hydrogen-bond acceptors (Lipinski definition) is 9. The molecule has 182 valence electrons. The molecule has 0 N–H and O–H groups in total. The lowest BCUT2D eigenvalue weighted by Gasteiger charge is -2.13. The number of hydrogen-bond donors (Lipinski definition) is 0. The number of para-hydroxylation sites is 1. The molecule has 0 radical (unpaired) electrons. The van der Waals surface area contributed by atoms with Gasteiger partial charge in [-0.1, -0.05) is 24.3 Å². The maximum Gasteiger partial charge on any atom is 0.375 e. The summed E-state index contributed by atoms with van der Waals surface area (Å²) in [4.78, 5) is 49.1. The Morgan fingerprint density at radius 2 is 1.78 bits per heavy atom. The van der Waals surface area contributed by atoms with E-state index >= 15 is 0 Å². The second-order valence-electron chi connectivity index (χ2n) is 7.41. The number of esters is 2. The molecule has 1 heterocycles. The number of benzene rings is 3. The monoisotopic (exact) mass is 489 g/mol. The molecule has 0 bridgehead atoms. The van der Waals surface area contributed by atoms with Crippen LogP contribution < -0.4 is 14.9 Å². The lowest BCUT2D eigenvalue weighted by Crippen LogP contribution is -2.15. The Kier molecular flexibility index (Phi) is 6.77. The van der Waals surface area contributed by atoms with Gasteiger partial charge in [-0.15, -0.1) is 0 Å². The number of fused-ring (bicyclic) bond motifs is 1. The van der Waals surface area contributed by atoms with Gasteiger partial charge in [-0.3, -0.25) is 14.9 Å². The standard InChI is InChI=1S/C26H19NO9/c1-3-34-26(30)24-22(18-9-4-5-10-20(18)33-2)23(28)19-12-11-17(14-21(19)36-24)35-25(29)15-7-6-8-16(13-15)27(31)32/h4-14H,3H2,1-2H3. The molecular formula is C26H19NO9. The zero-order chi connectivity index (χ0) is 25.8. The highest BCUT2D eigenvalue weighted by Gasteiger charge is 2.25. The quantitative estimate of drug-likeness (QED) is 0.156. The number of methoxy groups -OCH3 is 1. The van der Waals surface area contributed by atoms with Crippen LogP contribution in [0.4, 0.5) is 5.69 Å². The summed E-state index contributed by atoms with van der Waals surface area (Å²) >= 11 is 0. The summed E-state index contributed by atoms with van der Waals surface area (Å²) in [6, 6.07) is 15.8. The average molecular weight is 489 g/mol. The molecule has 0 aliphatic rings. The number of carbonyl (C=O) groups excluding carboxylic acids is 2. The topological polar surface area (TPSA) is 135 Å². The van der Waals surface area contributed by atoms with Crippen LogP contribution in [-0.4, -0.2) is 30.6 Å². The van der Waals surface area contributed by atoms with Gasteiger partial charge in [0.1, 0.15) is 17.1 Å². The van der Waals surface area contributed by atoms with Crippen LogP contribution >= 0.6 is 0 Å². The normalized spacial score (nSPS) is 10.6. The highest BCUT2D eigenvalue weighted by Crippen LogP contribution is 2.33. The Morgan fingerprint density at radius 3 is 2.50 bits per heavy atom. The summed E-state index contributed by atoms with van der Waals surface area (Å²) in [7, 11) is 1.44. The lowest BCUT2D eigenvalue weighted by atomic mass is 10.0. The molecule has 0 saturated carbocycles. The molecule has 1 aromatic heterocycles. The molecule has 0 spiro atoms. The summed E-state index contributed by atoms with van der Waals surface area (Å²) < 4.78 is 21.6. The molecule has 4 aromatic rings. The van der Waals surface area contributed by atoms with Crippen molar-refractivity contribution in [2.24, 2.45) is 0 Å². The van der Waals surface area contributed by atoms with Crippen molar-refractivity contribution in [3.63, 3.8) is 0 Å². The Bertz CT molecular complexity index is 1560. The van der Waals surface area contributed by atoms with Crippen molar-refractivity contribution in [2.75, 3.05) is 13.7 Å². The number of nitro benzene ring substituents is 1. The molecule has 0 aliphatic carbocycles. The van der Waals surface area contributed by atoms with Gasteiger partial charge in [0.05, 0.1) is 35.2 Å². The molecule has 3 aromatic carbocycles. The first kappa shape index (κ1) is 24.1. The summed E-state index contributed by atoms with van der Waals surface area (Å²) in [5.74, 6) is -1.67. The second kappa shape index (κ2) is 10.1. The summed E-state index contributed by atoms with van der Waals surface area (Å²) in [6.45, 7) is 1.66. The van der Waals surface area contributed by atoms with Crippen LogP contribution in [0.2, 0.25) is 0 Å². The second-order valence-corrected chi connectivity index (χ2v) is 7.41. The molecule has 10 heteroatoms. The minimum Gasteiger partial charge on any atom is -0.496 e. The third-order valence-corrected chi connectivity index (χ3v) is 5.20. The third-order valence-electron chi connectivity index (χ3n) is 5.20. The maximum absolute atomic E-state index is 13.5. The number of rotatable bonds is 7. The van der Waals surface area contributed by atoms with Crippen molar-refractivity contribution < 1.29 is 33.1 Å². The smallest absolute Gasteiger partial charge is 0.375 e. The van der Waals surface area contributed by atoms with Gasteiger partial charge in [-0.2, -0.15) is 0 Å². The molecule has 0 amide bonds. The lowest BCUT2D eigenvalue weighted by molar-refractivity contribution is -0.384. The SMILES string of the molecule is CCOC(=O)c1oc2cc(OC(=O)c3cccc([N+](=O)[O-])c3)ccc2c(=O)c1-c1ccccc1OC. The van der Waals surface area contributed by atoms with Crippen molar-refractivity contribution in [3.8, 4) is 22.6 Å². The van der Waals surface area contributed by atoms with Gasteiger partial charge in [0, 0.05) is 23.8 Å². The van der Waals surface area contributed by atoms with E-state index in [1.807, 2.05) is 0 Å². The minimum atomic E-state index is -0.851. The molecule has 10 nitrogen and oxygen atoms in total. The van der Waals surface area contributed by atoms with Crippen LogP contribution in [-0.2, 0) is 4.74 Å². The van der Waals surface area contributed by atoms with Gasteiger partial charge in [0.2, 0.25) is 11.2 Å². The first-order chi connectivity index (χ1) is 17.3. The van der Waals surface area contributed by atoms with E-state index < -0.39 is 22.3 Å². The van der Waals surface area contributed by atoms with Gasteiger partial charge in [-0.25, -0.2) is 9.59 Å². The van der Waals surface area contributed by atoms with Gasteiger partial charge in [0.15, 0.2) is 0 Å². The summed E-state index contributed by atoms with van der Waals surface area (Å²) in [6.07, 6.45) is 0. The Balaban J connectivity index is 1.81. The van der Waals surface area contributed by atoms with Gasteiger partial charge in [0.25, 0.3) is 5.69 Å². The zero-order valence-electron chi connectivity index (χ0n) is 19.2. The highest BCUT2D eigenvalue weighted by atomic mass is 16.6. The van der Waals surface area contributed by atoms with Crippen molar-refractivity contribution in [1.29, 1.82) is 0 Å². The van der Waals surface area contributed by atoms with Gasteiger partial charge in [-0.05, 0) is 31.2 Å². The van der Waals surface area contributed by atoms with E-state index in [-0.39, 0.29) is 45.9 Å². The fraction of sp³-hybridized carbons (Fsp3) is 0.115. The van der Waals surface area contributed by atoms with Crippen LogP contribution in [0.3, 0.4) is 0 Å². The maximum atomic E-state index is 13.5. The third kappa shape index (κ3) is 4.64. The fourth-order valence-corrected chi connectivity index (χ4v) is 3.59. The van der Waals surface area contributed by atoms with Crippen molar-refractivity contribution in [2.45, 2.75) is 6.92 Å². The van der Waals surface area contributed by atoms with Crippen LogP contribution in [0.25, 0.3) is 22.1 Å².